The molecule has 0 saturated carbocycles. The van der Waals surface area contributed by atoms with Crippen molar-refractivity contribution in [2.45, 2.75) is 0 Å². The largest absolute Gasteiger partial charge is 0.309 e. The number of fused-ring (bicyclic) bond motifs is 9. The van der Waals surface area contributed by atoms with Crippen LogP contribution in [0.5, 0.6) is 0 Å². The van der Waals surface area contributed by atoms with Gasteiger partial charge in [0.05, 0.1) is 62.1 Å². The van der Waals surface area contributed by atoms with Crippen LogP contribution < -0.4 is 0 Å². The van der Waals surface area contributed by atoms with Crippen molar-refractivity contribution in [3.63, 3.8) is 0 Å². The summed E-state index contributed by atoms with van der Waals surface area (Å²) in [6.07, 6.45) is 5.72. The van der Waals surface area contributed by atoms with E-state index in [1.54, 1.807) is 0 Å². The standard InChI is InChI=1S/C62H39N7/c1-4-14-40(15-5-1)54-37-46(38-55(65-54)41-16-6-2-7-17-41)69-57-23-13-11-21-48(57)51-35-43(25-28-59(51)69)62-64-33-31-53(66-62)42-24-27-58-50(34-42)47-20-10-12-22-56(47)68(58)45-26-29-60-52(36-45)49-30-32-63-39-61(49)67(60)44-18-8-3-9-19-44/h1-39H. The molecule has 14 aromatic rings. The van der Waals surface area contributed by atoms with Crippen molar-refractivity contribution in [2.75, 3.05) is 0 Å². The van der Waals surface area contributed by atoms with E-state index in [4.69, 9.17) is 15.0 Å². The van der Waals surface area contributed by atoms with E-state index in [0.717, 1.165) is 106 Å². The molecule has 0 unspecified atom stereocenters. The van der Waals surface area contributed by atoms with Crippen LogP contribution in [0.4, 0.5) is 0 Å². The maximum atomic E-state index is 5.26. The van der Waals surface area contributed by atoms with Gasteiger partial charge in [-0.1, -0.05) is 121 Å². The summed E-state index contributed by atoms with van der Waals surface area (Å²) in [5.41, 5.74) is 16.8. The van der Waals surface area contributed by atoms with Crippen molar-refractivity contribution in [1.82, 2.24) is 33.6 Å². The van der Waals surface area contributed by atoms with Crippen molar-refractivity contribution in [2.24, 2.45) is 0 Å². The number of benzene rings is 8. The van der Waals surface area contributed by atoms with Crippen LogP contribution in [0.3, 0.4) is 0 Å². The summed E-state index contributed by atoms with van der Waals surface area (Å²) in [5, 5.41) is 6.98. The van der Waals surface area contributed by atoms with Crippen LogP contribution >= 0.6 is 0 Å². The molecule has 0 N–H and O–H groups in total. The van der Waals surface area contributed by atoms with Crippen molar-refractivity contribution >= 4 is 65.4 Å². The summed E-state index contributed by atoms with van der Waals surface area (Å²) in [6.45, 7) is 0. The molecular weight excluding hydrogens is 843 g/mol. The second-order valence-corrected chi connectivity index (χ2v) is 17.5. The molecule has 0 spiro atoms. The number of nitrogens with zero attached hydrogens (tertiary/aromatic N) is 7. The summed E-state index contributed by atoms with van der Waals surface area (Å²) < 4.78 is 7.04. The Bertz CT molecular complexity index is 4240. The highest BCUT2D eigenvalue weighted by Gasteiger charge is 2.20. The number of aromatic nitrogens is 7. The summed E-state index contributed by atoms with van der Waals surface area (Å²) in [6, 6.07) is 77.3. The van der Waals surface area contributed by atoms with Crippen LogP contribution in [0.1, 0.15) is 0 Å². The van der Waals surface area contributed by atoms with Crippen molar-refractivity contribution in [3.8, 4) is 62.2 Å². The fraction of sp³-hybridized carbons (Fsp3) is 0. The molecule has 0 amide bonds. The molecule has 0 aliphatic rings. The van der Waals surface area contributed by atoms with E-state index in [9.17, 15) is 0 Å². The number of para-hydroxylation sites is 3. The smallest absolute Gasteiger partial charge is 0.159 e. The SMILES string of the molecule is c1ccc(-c2cc(-n3c4ccccc4c4cc(-c5nccc(-c6ccc7c(c6)c6ccccc6n7-c6ccc7c(c6)c6ccncc6n7-c6ccccc6)n5)ccc43)cc(-c3ccccc3)n2)cc1. The third-order valence-corrected chi connectivity index (χ3v) is 13.6. The first-order valence-electron chi connectivity index (χ1n) is 23.2. The van der Waals surface area contributed by atoms with Crippen LogP contribution in [-0.4, -0.2) is 33.6 Å². The molecule has 0 radical (unpaired) electrons. The second kappa shape index (κ2) is 15.6. The monoisotopic (exact) mass is 881 g/mol. The number of hydrogen-bond donors (Lipinski definition) is 0. The van der Waals surface area contributed by atoms with Crippen LogP contribution in [0, 0.1) is 0 Å². The Morgan fingerprint density at radius 1 is 0.275 bits per heavy atom. The van der Waals surface area contributed by atoms with E-state index in [0.29, 0.717) is 5.82 Å². The van der Waals surface area contributed by atoms with Crippen LogP contribution in [0.15, 0.2) is 237 Å². The number of pyridine rings is 2. The minimum absolute atomic E-state index is 0.675. The molecular formula is C62H39N7. The zero-order valence-electron chi connectivity index (χ0n) is 37.1. The quantitative estimate of drug-likeness (QED) is 0.160. The Morgan fingerprint density at radius 2 is 0.783 bits per heavy atom. The number of hydrogen-bond acceptors (Lipinski definition) is 4. The molecule has 14 rings (SSSR count). The third-order valence-electron chi connectivity index (χ3n) is 13.6. The molecule has 322 valence electrons. The molecule has 0 aliphatic carbocycles. The average molecular weight is 882 g/mol. The van der Waals surface area contributed by atoms with E-state index >= 15 is 0 Å². The first-order chi connectivity index (χ1) is 34.2. The van der Waals surface area contributed by atoms with Gasteiger partial charge in [0.1, 0.15) is 0 Å². The van der Waals surface area contributed by atoms with Gasteiger partial charge >= 0.3 is 0 Å². The van der Waals surface area contributed by atoms with Crippen LogP contribution in [0.2, 0.25) is 0 Å². The fourth-order valence-corrected chi connectivity index (χ4v) is 10.5. The second-order valence-electron chi connectivity index (χ2n) is 17.5. The molecule has 0 bridgehead atoms. The molecule has 0 atom stereocenters. The van der Waals surface area contributed by atoms with Crippen LogP contribution in [-0.2, 0) is 0 Å². The lowest BCUT2D eigenvalue weighted by Gasteiger charge is -2.13. The van der Waals surface area contributed by atoms with Gasteiger partial charge in [-0.2, -0.15) is 0 Å². The first kappa shape index (κ1) is 38.8. The predicted octanol–water partition coefficient (Wildman–Crippen LogP) is 15.2. The van der Waals surface area contributed by atoms with Crippen molar-refractivity contribution in [3.05, 3.63) is 237 Å². The lowest BCUT2D eigenvalue weighted by molar-refractivity contribution is 1.16. The fourth-order valence-electron chi connectivity index (χ4n) is 10.5. The summed E-state index contributed by atoms with van der Waals surface area (Å²) in [5.74, 6) is 0.675. The van der Waals surface area contributed by atoms with E-state index in [1.165, 1.54) is 16.2 Å². The van der Waals surface area contributed by atoms with Gasteiger partial charge in [-0.05, 0) is 97.1 Å². The van der Waals surface area contributed by atoms with Crippen molar-refractivity contribution < 1.29 is 0 Å². The molecule has 6 aromatic heterocycles. The average Bonchev–Trinajstić information content (AvgIpc) is 4.06. The normalized spacial score (nSPS) is 11.8. The zero-order chi connectivity index (χ0) is 45.4. The Balaban J connectivity index is 0.871. The molecule has 0 aliphatic heterocycles. The third kappa shape index (κ3) is 6.29. The number of rotatable bonds is 7. The van der Waals surface area contributed by atoms with E-state index < -0.39 is 0 Å². The topological polar surface area (TPSA) is 66.3 Å². The maximum absolute atomic E-state index is 5.26. The Labute approximate surface area is 396 Å². The predicted molar refractivity (Wildman–Crippen MR) is 282 cm³/mol. The molecule has 0 saturated heterocycles. The first-order valence-corrected chi connectivity index (χ1v) is 23.2. The summed E-state index contributed by atoms with van der Waals surface area (Å²) in [7, 11) is 0. The Hall–Kier alpha value is -9.46. The van der Waals surface area contributed by atoms with E-state index in [2.05, 4.69) is 219 Å². The lowest BCUT2D eigenvalue weighted by Crippen LogP contribution is -1.98. The van der Waals surface area contributed by atoms with E-state index in [-0.39, 0.29) is 0 Å². The van der Waals surface area contributed by atoms with Gasteiger partial charge in [0.2, 0.25) is 0 Å². The molecule has 69 heavy (non-hydrogen) atoms. The van der Waals surface area contributed by atoms with Gasteiger partial charge in [-0.3, -0.25) is 4.98 Å². The molecule has 8 aromatic carbocycles. The van der Waals surface area contributed by atoms with Gasteiger partial charge in [0.25, 0.3) is 0 Å². The highest BCUT2D eigenvalue weighted by Crippen LogP contribution is 2.40. The minimum atomic E-state index is 0.675. The summed E-state index contributed by atoms with van der Waals surface area (Å²) in [4.78, 5) is 19.8. The van der Waals surface area contributed by atoms with Gasteiger partial charge in [0, 0.05) is 78.3 Å². The Kier molecular flexibility index (Phi) is 8.75. The lowest BCUT2D eigenvalue weighted by atomic mass is 10.1. The highest BCUT2D eigenvalue weighted by molar-refractivity contribution is 6.13. The molecule has 7 heteroatoms. The zero-order valence-corrected chi connectivity index (χ0v) is 37.1. The maximum Gasteiger partial charge on any atom is 0.159 e. The molecule has 6 heterocycles. The Morgan fingerprint density at radius 3 is 1.45 bits per heavy atom. The van der Waals surface area contributed by atoms with E-state index in [1.807, 2.05) is 36.8 Å². The molecule has 7 nitrogen and oxygen atoms in total. The van der Waals surface area contributed by atoms with Gasteiger partial charge in [-0.15, -0.1) is 0 Å². The molecule has 0 fully saturated rings. The summed E-state index contributed by atoms with van der Waals surface area (Å²) >= 11 is 0. The highest BCUT2D eigenvalue weighted by atomic mass is 15.0. The minimum Gasteiger partial charge on any atom is -0.309 e. The van der Waals surface area contributed by atoms with Gasteiger partial charge in [0.15, 0.2) is 5.82 Å². The van der Waals surface area contributed by atoms with Crippen LogP contribution in [0.25, 0.3) is 128 Å². The van der Waals surface area contributed by atoms with Gasteiger partial charge < -0.3 is 13.7 Å². The van der Waals surface area contributed by atoms with Crippen molar-refractivity contribution in [1.29, 1.82) is 0 Å². The van der Waals surface area contributed by atoms with Gasteiger partial charge in [-0.25, -0.2) is 15.0 Å².